The fourth-order valence-corrected chi connectivity index (χ4v) is 6.87. The van der Waals surface area contributed by atoms with Crippen molar-refractivity contribution in [1.82, 2.24) is 14.5 Å². The zero-order chi connectivity index (χ0) is 26.1. The highest BCUT2D eigenvalue weighted by Gasteiger charge is 2.49. The molecule has 8 nitrogen and oxygen atoms in total. The Morgan fingerprint density at radius 3 is 2.33 bits per heavy atom. The molecule has 2 heterocycles. The number of benzene rings is 2. The lowest BCUT2D eigenvalue weighted by atomic mass is 10.0. The Hall–Kier alpha value is -3.17. The van der Waals surface area contributed by atoms with Gasteiger partial charge in [-0.3, -0.25) is 9.69 Å². The summed E-state index contributed by atoms with van der Waals surface area (Å²) in [7, 11) is -2.63. The fraction of sp³-hybridized carbons (Fsp3) is 0.407. The normalized spacial score (nSPS) is 19.0. The molecule has 0 aliphatic carbocycles. The molecule has 1 amide bonds. The lowest BCUT2D eigenvalue weighted by molar-refractivity contribution is -0.125. The molecule has 2 aliphatic heterocycles. The Labute approximate surface area is 213 Å². The van der Waals surface area contributed by atoms with Crippen molar-refractivity contribution < 1.29 is 22.7 Å². The molecule has 9 heteroatoms. The molecule has 0 bridgehead atoms. The number of esters is 1. The van der Waals surface area contributed by atoms with E-state index >= 15 is 0 Å². The van der Waals surface area contributed by atoms with Gasteiger partial charge in [0.1, 0.15) is 10.6 Å². The summed E-state index contributed by atoms with van der Waals surface area (Å²) in [6.45, 7) is 7.42. The van der Waals surface area contributed by atoms with E-state index in [-0.39, 0.29) is 22.6 Å². The first-order chi connectivity index (χ1) is 17.0. The van der Waals surface area contributed by atoms with Crippen LogP contribution in [-0.2, 0) is 26.1 Å². The van der Waals surface area contributed by atoms with Gasteiger partial charge in [-0.1, -0.05) is 42.5 Å². The maximum absolute atomic E-state index is 13.5. The maximum atomic E-state index is 13.5. The molecule has 0 unspecified atom stereocenters. The zero-order valence-corrected chi connectivity index (χ0v) is 22.0. The number of nitrogens with zero attached hydrogens (tertiary/aromatic N) is 2. The molecule has 2 aromatic rings. The molecule has 0 radical (unpaired) electrons. The minimum atomic E-state index is -4.00. The number of ether oxygens (including phenoxy) is 1. The highest BCUT2D eigenvalue weighted by molar-refractivity contribution is 7.99. The predicted octanol–water partition coefficient (Wildman–Crippen LogP) is 3.37. The zero-order valence-electron chi connectivity index (χ0n) is 21.2. The molecule has 0 atom stereocenters. The van der Waals surface area contributed by atoms with Gasteiger partial charge in [-0.15, -0.1) is 0 Å². The second-order valence-corrected chi connectivity index (χ2v) is 11.9. The van der Waals surface area contributed by atoms with E-state index in [0.29, 0.717) is 17.7 Å². The van der Waals surface area contributed by atoms with Gasteiger partial charge in [-0.25, -0.2) is 17.5 Å². The van der Waals surface area contributed by atoms with Crippen LogP contribution < -0.4 is 5.32 Å². The number of hydrogen-bond donors (Lipinski definition) is 1. The summed E-state index contributed by atoms with van der Waals surface area (Å²) in [4.78, 5) is 27.6. The van der Waals surface area contributed by atoms with Gasteiger partial charge in [0.15, 0.2) is 0 Å². The monoisotopic (exact) mass is 511 g/mol. The number of nitrogens with one attached hydrogen (secondary N) is 1. The van der Waals surface area contributed by atoms with E-state index in [9.17, 15) is 18.0 Å². The second kappa shape index (κ2) is 10.1. The van der Waals surface area contributed by atoms with E-state index in [2.05, 4.69) is 10.2 Å². The Balaban J connectivity index is 1.50. The highest BCUT2D eigenvalue weighted by atomic mass is 32.2. The first kappa shape index (κ1) is 25.9. The van der Waals surface area contributed by atoms with Crippen molar-refractivity contribution in [2.24, 2.45) is 0 Å². The van der Waals surface area contributed by atoms with Gasteiger partial charge in [0.25, 0.3) is 15.9 Å². The van der Waals surface area contributed by atoms with Gasteiger partial charge >= 0.3 is 5.97 Å². The fourth-order valence-electron chi connectivity index (χ4n) is 4.82. The molecular formula is C27H33N3O5S. The number of hydrogen-bond acceptors (Lipinski definition) is 7. The number of methoxy groups -OCH3 is 1. The minimum absolute atomic E-state index is 0.0320. The summed E-state index contributed by atoms with van der Waals surface area (Å²) in [5.74, 6) is -0.869. The van der Waals surface area contributed by atoms with E-state index < -0.39 is 21.5 Å². The van der Waals surface area contributed by atoms with Crippen molar-refractivity contribution in [2.45, 2.75) is 51.7 Å². The molecule has 4 rings (SSSR count). The standard InChI is InChI=1S/C27H33N3O5S/c1-27(2,3)30-25(31)23(24(36(30,33)34)20-10-6-5-7-11-20)28-22-13-15-29(16-14-22)18-19-9-8-12-21(17-19)26(32)35-4/h5-12,17,22,28H,13-16,18H2,1-4H3. The molecule has 1 N–H and O–H groups in total. The van der Waals surface area contributed by atoms with Gasteiger partial charge in [0, 0.05) is 25.7 Å². The molecule has 36 heavy (non-hydrogen) atoms. The average molecular weight is 512 g/mol. The summed E-state index contributed by atoms with van der Waals surface area (Å²) in [6.07, 6.45) is 1.51. The largest absolute Gasteiger partial charge is 0.465 e. The molecule has 0 spiro atoms. The lowest BCUT2D eigenvalue weighted by Gasteiger charge is -2.33. The Morgan fingerprint density at radius 1 is 1.06 bits per heavy atom. The Kier molecular flexibility index (Phi) is 7.24. The quantitative estimate of drug-likeness (QED) is 0.594. The predicted molar refractivity (Wildman–Crippen MR) is 138 cm³/mol. The third-order valence-electron chi connectivity index (χ3n) is 6.46. The van der Waals surface area contributed by atoms with Gasteiger partial charge < -0.3 is 10.1 Å². The van der Waals surface area contributed by atoms with Crippen molar-refractivity contribution in [3.8, 4) is 0 Å². The van der Waals surface area contributed by atoms with E-state index in [1.165, 1.54) is 7.11 Å². The third kappa shape index (κ3) is 5.17. The minimum Gasteiger partial charge on any atom is -0.465 e. The van der Waals surface area contributed by atoms with Crippen LogP contribution in [-0.4, -0.2) is 61.3 Å². The first-order valence-electron chi connectivity index (χ1n) is 12.1. The van der Waals surface area contributed by atoms with Crippen LogP contribution in [0.25, 0.3) is 4.91 Å². The molecule has 0 aromatic heterocycles. The van der Waals surface area contributed by atoms with E-state index in [4.69, 9.17) is 4.74 Å². The summed E-state index contributed by atoms with van der Waals surface area (Å²) < 4.78 is 32.8. The van der Waals surface area contributed by atoms with Crippen molar-refractivity contribution in [3.05, 3.63) is 77.0 Å². The van der Waals surface area contributed by atoms with Crippen LogP contribution in [0.4, 0.5) is 0 Å². The van der Waals surface area contributed by atoms with Crippen molar-refractivity contribution in [3.63, 3.8) is 0 Å². The molecule has 2 aromatic carbocycles. The number of carbonyl (C=O) groups is 2. The van der Waals surface area contributed by atoms with E-state index in [1.54, 1.807) is 51.1 Å². The van der Waals surface area contributed by atoms with Crippen molar-refractivity contribution in [1.29, 1.82) is 0 Å². The van der Waals surface area contributed by atoms with Crippen LogP contribution in [0.3, 0.4) is 0 Å². The molecule has 1 saturated heterocycles. The SMILES string of the molecule is COC(=O)c1cccc(CN2CCC(NC3=C(c4ccccc4)S(=O)(=O)N(C(C)(C)C)C3=O)CC2)c1. The molecule has 1 fully saturated rings. The van der Waals surface area contributed by atoms with Gasteiger partial charge in [-0.05, 0) is 56.9 Å². The summed E-state index contributed by atoms with van der Waals surface area (Å²) in [5.41, 5.74) is 1.32. The summed E-state index contributed by atoms with van der Waals surface area (Å²) in [5, 5.41) is 3.31. The number of amides is 1. The molecule has 0 saturated carbocycles. The van der Waals surface area contributed by atoms with Crippen LogP contribution >= 0.6 is 0 Å². The maximum Gasteiger partial charge on any atom is 0.337 e. The molecular weight excluding hydrogens is 478 g/mol. The van der Waals surface area contributed by atoms with Crippen LogP contribution in [0.5, 0.6) is 0 Å². The number of likely N-dealkylation sites (tertiary alicyclic amines) is 1. The van der Waals surface area contributed by atoms with Gasteiger partial charge in [-0.2, -0.15) is 0 Å². The number of piperidine rings is 1. The summed E-state index contributed by atoms with van der Waals surface area (Å²) >= 11 is 0. The Morgan fingerprint density at radius 2 is 1.72 bits per heavy atom. The average Bonchev–Trinajstić information content (AvgIpc) is 3.04. The third-order valence-corrected chi connectivity index (χ3v) is 8.61. The highest BCUT2D eigenvalue weighted by Crippen LogP contribution is 2.39. The van der Waals surface area contributed by atoms with Crippen LogP contribution in [0.15, 0.2) is 60.3 Å². The smallest absolute Gasteiger partial charge is 0.337 e. The number of sulfonamides is 1. The van der Waals surface area contributed by atoms with Crippen LogP contribution in [0, 0.1) is 0 Å². The van der Waals surface area contributed by atoms with Gasteiger partial charge in [0.05, 0.1) is 18.2 Å². The number of carbonyl (C=O) groups excluding carboxylic acids is 2. The Bertz CT molecular complexity index is 1270. The first-order valence-corrected chi connectivity index (χ1v) is 13.5. The van der Waals surface area contributed by atoms with Crippen molar-refractivity contribution in [2.75, 3.05) is 20.2 Å². The van der Waals surface area contributed by atoms with Crippen molar-refractivity contribution >= 4 is 26.8 Å². The summed E-state index contributed by atoms with van der Waals surface area (Å²) in [6, 6.07) is 16.2. The lowest BCUT2D eigenvalue weighted by Crippen LogP contribution is -2.48. The van der Waals surface area contributed by atoms with E-state index in [1.807, 2.05) is 24.3 Å². The van der Waals surface area contributed by atoms with Gasteiger partial charge in [0.2, 0.25) is 0 Å². The van der Waals surface area contributed by atoms with Crippen LogP contribution in [0.1, 0.15) is 55.1 Å². The molecule has 2 aliphatic rings. The van der Waals surface area contributed by atoms with E-state index in [0.717, 1.165) is 35.8 Å². The topological polar surface area (TPSA) is 96.0 Å². The number of rotatable bonds is 6. The van der Waals surface area contributed by atoms with Crippen LogP contribution in [0.2, 0.25) is 0 Å². The second-order valence-electron chi connectivity index (χ2n) is 10.2. The molecule has 192 valence electrons.